The fourth-order valence-electron chi connectivity index (χ4n) is 2.75. The van der Waals surface area contributed by atoms with Crippen molar-refractivity contribution in [1.29, 1.82) is 0 Å². The van der Waals surface area contributed by atoms with Crippen LogP contribution in [0.5, 0.6) is 0 Å². The van der Waals surface area contributed by atoms with Crippen molar-refractivity contribution >= 4 is 17.5 Å². The average molecular weight is 376 g/mol. The molecule has 2 heterocycles. The molecular formula is C23H29N5. The average Bonchev–Trinajstić information content (AvgIpc) is 2.60. The van der Waals surface area contributed by atoms with Gasteiger partial charge in [0.2, 0.25) is 5.95 Å². The van der Waals surface area contributed by atoms with E-state index in [9.17, 15) is 0 Å². The Morgan fingerprint density at radius 2 is 1.50 bits per heavy atom. The van der Waals surface area contributed by atoms with Crippen molar-refractivity contribution in [1.82, 2.24) is 15.0 Å². The maximum Gasteiger partial charge on any atom is 0.225 e. The SMILES string of the molecule is CC(C)(C)Nc1nc(Nc2ccc(C(C)(C)C)cc2)cc(-c2ccccn2)n1. The van der Waals surface area contributed by atoms with Crippen LogP contribution in [0.1, 0.15) is 47.1 Å². The first kappa shape index (κ1) is 19.8. The molecule has 5 heteroatoms. The number of aromatic nitrogens is 3. The summed E-state index contributed by atoms with van der Waals surface area (Å²) in [5.74, 6) is 1.30. The molecule has 0 unspecified atom stereocenters. The lowest BCUT2D eigenvalue weighted by Crippen LogP contribution is -2.27. The van der Waals surface area contributed by atoms with E-state index in [0.717, 1.165) is 22.9 Å². The second-order valence-corrected chi connectivity index (χ2v) is 9.00. The predicted molar refractivity (Wildman–Crippen MR) is 117 cm³/mol. The first-order valence-corrected chi connectivity index (χ1v) is 9.56. The van der Waals surface area contributed by atoms with E-state index in [1.54, 1.807) is 6.20 Å². The molecule has 0 saturated heterocycles. The molecule has 1 aromatic carbocycles. The monoisotopic (exact) mass is 375 g/mol. The molecule has 28 heavy (non-hydrogen) atoms. The van der Waals surface area contributed by atoms with Crippen LogP contribution in [0.25, 0.3) is 11.4 Å². The first-order valence-electron chi connectivity index (χ1n) is 9.56. The Kier molecular flexibility index (Phi) is 5.36. The van der Waals surface area contributed by atoms with Crippen molar-refractivity contribution in [3.05, 3.63) is 60.3 Å². The normalized spacial score (nSPS) is 11.9. The number of hydrogen-bond donors (Lipinski definition) is 2. The molecule has 146 valence electrons. The largest absolute Gasteiger partial charge is 0.350 e. The van der Waals surface area contributed by atoms with E-state index in [-0.39, 0.29) is 11.0 Å². The molecule has 0 radical (unpaired) electrons. The topological polar surface area (TPSA) is 62.7 Å². The van der Waals surface area contributed by atoms with Crippen LogP contribution in [0.4, 0.5) is 17.5 Å². The minimum atomic E-state index is -0.144. The second-order valence-electron chi connectivity index (χ2n) is 9.00. The number of rotatable bonds is 4. The molecule has 3 rings (SSSR count). The van der Waals surface area contributed by atoms with Gasteiger partial charge in [-0.2, -0.15) is 4.98 Å². The van der Waals surface area contributed by atoms with Crippen molar-refractivity contribution in [2.45, 2.75) is 52.5 Å². The summed E-state index contributed by atoms with van der Waals surface area (Å²) in [7, 11) is 0. The molecule has 2 N–H and O–H groups in total. The summed E-state index contributed by atoms with van der Waals surface area (Å²) in [6.07, 6.45) is 1.77. The first-order chi connectivity index (χ1) is 13.1. The fourth-order valence-corrected chi connectivity index (χ4v) is 2.75. The smallest absolute Gasteiger partial charge is 0.225 e. The number of pyridine rings is 1. The van der Waals surface area contributed by atoms with Crippen LogP contribution in [0.2, 0.25) is 0 Å². The van der Waals surface area contributed by atoms with Crippen LogP contribution >= 0.6 is 0 Å². The predicted octanol–water partition coefficient (Wildman–Crippen LogP) is 5.79. The maximum atomic E-state index is 4.65. The minimum Gasteiger partial charge on any atom is -0.350 e. The zero-order valence-corrected chi connectivity index (χ0v) is 17.5. The van der Waals surface area contributed by atoms with Gasteiger partial charge < -0.3 is 10.6 Å². The van der Waals surface area contributed by atoms with Gasteiger partial charge in [0.05, 0.1) is 11.4 Å². The van der Waals surface area contributed by atoms with Gasteiger partial charge in [-0.25, -0.2) is 4.98 Å². The van der Waals surface area contributed by atoms with Crippen LogP contribution < -0.4 is 10.6 Å². The molecule has 0 atom stereocenters. The third-order valence-electron chi connectivity index (χ3n) is 4.16. The highest BCUT2D eigenvalue weighted by Gasteiger charge is 2.15. The number of nitrogens with one attached hydrogen (secondary N) is 2. The van der Waals surface area contributed by atoms with Gasteiger partial charge in [0.15, 0.2) is 0 Å². The van der Waals surface area contributed by atoms with Gasteiger partial charge in [0, 0.05) is 23.5 Å². The summed E-state index contributed by atoms with van der Waals surface area (Å²) in [5.41, 5.74) is 3.85. The zero-order chi connectivity index (χ0) is 20.4. The maximum absolute atomic E-state index is 4.65. The Balaban J connectivity index is 1.94. The van der Waals surface area contributed by atoms with E-state index in [4.69, 9.17) is 0 Å². The number of nitrogens with zero attached hydrogens (tertiary/aromatic N) is 3. The second kappa shape index (κ2) is 7.58. The third-order valence-corrected chi connectivity index (χ3v) is 4.16. The highest BCUT2D eigenvalue weighted by molar-refractivity contribution is 5.65. The Hall–Kier alpha value is -2.95. The van der Waals surface area contributed by atoms with E-state index in [0.29, 0.717) is 5.95 Å². The van der Waals surface area contributed by atoms with Crippen molar-refractivity contribution in [3.63, 3.8) is 0 Å². The minimum absolute atomic E-state index is 0.128. The van der Waals surface area contributed by atoms with Gasteiger partial charge in [0.25, 0.3) is 0 Å². The molecule has 0 saturated carbocycles. The molecule has 0 aliphatic carbocycles. The molecule has 5 nitrogen and oxygen atoms in total. The van der Waals surface area contributed by atoms with E-state index in [1.165, 1.54) is 5.56 Å². The summed E-state index contributed by atoms with van der Waals surface area (Å²) >= 11 is 0. The lowest BCUT2D eigenvalue weighted by Gasteiger charge is -2.21. The van der Waals surface area contributed by atoms with E-state index in [2.05, 4.69) is 91.4 Å². The molecule has 0 amide bonds. The number of benzene rings is 1. The van der Waals surface area contributed by atoms with Gasteiger partial charge in [0.1, 0.15) is 5.82 Å². The number of anilines is 3. The Bertz CT molecular complexity index is 920. The molecule has 0 fully saturated rings. The van der Waals surface area contributed by atoms with Crippen LogP contribution in [0, 0.1) is 0 Å². The number of hydrogen-bond acceptors (Lipinski definition) is 5. The third kappa shape index (κ3) is 5.28. The molecular weight excluding hydrogens is 346 g/mol. The van der Waals surface area contributed by atoms with E-state index >= 15 is 0 Å². The standard InChI is InChI=1S/C23H29N5/c1-22(2,3)16-10-12-17(13-11-16)25-20-15-19(18-9-7-8-14-24-18)26-21(27-20)28-23(4,5)6/h7-15H,1-6H3,(H2,25,26,27,28). The van der Waals surface area contributed by atoms with Crippen molar-refractivity contribution in [2.75, 3.05) is 10.6 Å². The molecule has 0 spiro atoms. The van der Waals surface area contributed by atoms with Crippen LogP contribution in [-0.4, -0.2) is 20.5 Å². The van der Waals surface area contributed by atoms with Gasteiger partial charge in [-0.1, -0.05) is 39.0 Å². The summed E-state index contributed by atoms with van der Waals surface area (Å²) in [5, 5.41) is 6.76. The lowest BCUT2D eigenvalue weighted by molar-refractivity contribution is 0.590. The van der Waals surface area contributed by atoms with Gasteiger partial charge in [-0.15, -0.1) is 0 Å². The van der Waals surface area contributed by atoms with Gasteiger partial charge >= 0.3 is 0 Å². The van der Waals surface area contributed by atoms with Crippen LogP contribution in [0.15, 0.2) is 54.7 Å². The lowest BCUT2D eigenvalue weighted by atomic mass is 9.87. The quantitative estimate of drug-likeness (QED) is 0.604. The highest BCUT2D eigenvalue weighted by atomic mass is 15.2. The fraction of sp³-hybridized carbons (Fsp3) is 0.348. The van der Waals surface area contributed by atoms with Crippen molar-refractivity contribution in [3.8, 4) is 11.4 Å². The van der Waals surface area contributed by atoms with Crippen LogP contribution in [0.3, 0.4) is 0 Å². The Morgan fingerprint density at radius 3 is 2.07 bits per heavy atom. The van der Waals surface area contributed by atoms with Crippen molar-refractivity contribution in [2.24, 2.45) is 0 Å². The van der Waals surface area contributed by atoms with Gasteiger partial charge in [-0.3, -0.25) is 4.98 Å². The summed E-state index contributed by atoms with van der Waals surface area (Å²) < 4.78 is 0. The Morgan fingerprint density at radius 1 is 0.786 bits per heavy atom. The van der Waals surface area contributed by atoms with E-state index < -0.39 is 0 Å². The summed E-state index contributed by atoms with van der Waals surface area (Å²) in [4.78, 5) is 13.7. The van der Waals surface area contributed by atoms with Crippen LogP contribution in [-0.2, 0) is 5.41 Å². The Labute approximate surface area is 167 Å². The molecule has 0 aliphatic heterocycles. The molecule has 3 aromatic rings. The molecule has 0 bridgehead atoms. The van der Waals surface area contributed by atoms with Crippen molar-refractivity contribution < 1.29 is 0 Å². The zero-order valence-electron chi connectivity index (χ0n) is 17.5. The van der Waals surface area contributed by atoms with E-state index in [1.807, 2.05) is 24.3 Å². The van der Waals surface area contributed by atoms with Gasteiger partial charge in [-0.05, 0) is 56.0 Å². The summed E-state index contributed by atoms with van der Waals surface area (Å²) in [6, 6.07) is 16.2. The molecule has 2 aromatic heterocycles. The molecule has 0 aliphatic rings. The summed E-state index contributed by atoms with van der Waals surface area (Å²) in [6.45, 7) is 12.9. The highest BCUT2D eigenvalue weighted by Crippen LogP contribution is 2.26.